The largest absolute Gasteiger partial charge is 0.312 e. The molecule has 0 aliphatic heterocycles. The maximum atomic E-state index is 11.6. The number of thiophene rings is 1. The number of hydrogen-bond donors (Lipinski definition) is 1. The predicted molar refractivity (Wildman–Crippen MR) is 68.3 cm³/mol. The monoisotopic (exact) mass is 247 g/mol. The van der Waals surface area contributed by atoms with E-state index in [1.54, 1.807) is 0 Å². The van der Waals surface area contributed by atoms with Gasteiger partial charge in [0.05, 0.1) is 4.88 Å². The Morgan fingerprint density at radius 2 is 2.13 bits per heavy atom. The molecule has 4 heteroatoms. The number of nitrogens with one attached hydrogen (secondary N) is 1. The molecule has 1 heterocycles. The van der Waals surface area contributed by atoms with Gasteiger partial charge in [-0.1, -0.05) is 6.07 Å². The molecule has 1 aromatic heterocycles. The minimum atomic E-state index is 0. The van der Waals surface area contributed by atoms with Gasteiger partial charge in [0.1, 0.15) is 0 Å². The third-order valence-electron chi connectivity index (χ3n) is 1.80. The number of carbonyl (C=O) groups excluding carboxylic acids is 1. The average molecular weight is 248 g/mol. The maximum absolute atomic E-state index is 11.6. The summed E-state index contributed by atoms with van der Waals surface area (Å²) < 4.78 is 0. The van der Waals surface area contributed by atoms with Crippen molar-refractivity contribution in [2.75, 3.05) is 6.54 Å². The molecule has 1 N–H and O–H groups in total. The first-order valence-corrected chi connectivity index (χ1v) is 5.69. The lowest BCUT2D eigenvalue weighted by Gasteiger charge is -2.19. The fraction of sp³-hybridized carbons (Fsp3) is 0.545. The summed E-state index contributed by atoms with van der Waals surface area (Å²) in [5, 5.41) is 5.23. The summed E-state index contributed by atoms with van der Waals surface area (Å²) in [5.74, 6) is 0.233. The second kappa shape index (κ2) is 6.26. The average Bonchev–Trinajstić information content (AvgIpc) is 2.53. The Balaban J connectivity index is 0.00000196. The van der Waals surface area contributed by atoms with Gasteiger partial charge in [-0.3, -0.25) is 4.79 Å². The zero-order chi connectivity index (χ0) is 10.6. The van der Waals surface area contributed by atoms with E-state index in [1.165, 1.54) is 11.3 Å². The van der Waals surface area contributed by atoms with Gasteiger partial charge < -0.3 is 5.32 Å². The molecule has 0 radical (unpaired) electrons. The van der Waals surface area contributed by atoms with Crippen LogP contribution in [0.15, 0.2) is 17.5 Å². The summed E-state index contributed by atoms with van der Waals surface area (Å²) in [6.45, 7) is 7.05. The smallest absolute Gasteiger partial charge is 0.174 e. The van der Waals surface area contributed by atoms with E-state index in [0.29, 0.717) is 6.42 Å². The van der Waals surface area contributed by atoms with Crippen LogP contribution < -0.4 is 5.32 Å². The van der Waals surface area contributed by atoms with Crippen molar-refractivity contribution in [2.24, 2.45) is 0 Å². The van der Waals surface area contributed by atoms with Gasteiger partial charge in [-0.15, -0.1) is 23.7 Å². The molecule has 0 fully saturated rings. The highest BCUT2D eigenvalue weighted by Crippen LogP contribution is 2.11. The fourth-order valence-corrected chi connectivity index (χ4v) is 1.81. The standard InChI is InChI=1S/C11H17NOS.ClH/c1-11(2,3)12-7-6-9(13)10-5-4-8-14-10;/h4-5,8,12H,6-7H2,1-3H3;1H. The Bertz CT molecular complexity index is 290. The molecule has 0 saturated carbocycles. The van der Waals surface area contributed by atoms with E-state index in [1.807, 2.05) is 17.5 Å². The lowest BCUT2D eigenvalue weighted by atomic mass is 10.1. The van der Waals surface area contributed by atoms with Crippen molar-refractivity contribution in [1.29, 1.82) is 0 Å². The zero-order valence-electron chi connectivity index (χ0n) is 9.37. The lowest BCUT2D eigenvalue weighted by molar-refractivity contribution is 0.0984. The summed E-state index contributed by atoms with van der Waals surface area (Å²) in [7, 11) is 0. The van der Waals surface area contributed by atoms with Gasteiger partial charge in [0.2, 0.25) is 0 Å². The first-order valence-electron chi connectivity index (χ1n) is 4.81. The Kier molecular flexibility index (Phi) is 6.10. The van der Waals surface area contributed by atoms with Crippen LogP contribution in [0.2, 0.25) is 0 Å². The van der Waals surface area contributed by atoms with Gasteiger partial charge in [0.25, 0.3) is 0 Å². The van der Waals surface area contributed by atoms with Crippen molar-refractivity contribution < 1.29 is 4.79 Å². The van der Waals surface area contributed by atoms with Gasteiger partial charge in [-0.25, -0.2) is 0 Å². The van der Waals surface area contributed by atoms with Crippen molar-refractivity contribution in [3.63, 3.8) is 0 Å². The van der Waals surface area contributed by atoms with Crippen LogP contribution in [0.3, 0.4) is 0 Å². The Labute approximate surface area is 101 Å². The predicted octanol–water partition coefficient (Wildman–Crippen LogP) is 3.13. The number of halogens is 1. The topological polar surface area (TPSA) is 29.1 Å². The van der Waals surface area contributed by atoms with Gasteiger partial charge >= 0.3 is 0 Å². The van der Waals surface area contributed by atoms with Crippen LogP contribution >= 0.6 is 23.7 Å². The van der Waals surface area contributed by atoms with Crippen molar-refractivity contribution in [3.05, 3.63) is 22.4 Å². The molecule has 0 aliphatic rings. The van der Waals surface area contributed by atoms with Gasteiger partial charge in [0.15, 0.2) is 5.78 Å². The van der Waals surface area contributed by atoms with Crippen LogP contribution in [-0.4, -0.2) is 17.9 Å². The van der Waals surface area contributed by atoms with Crippen molar-refractivity contribution in [1.82, 2.24) is 5.32 Å². The third-order valence-corrected chi connectivity index (χ3v) is 2.71. The first kappa shape index (κ1) is 14.6. The molecule has 0 spiro atoms. The highest BCUT2D eigenvalue weighted by Gasteiger charge is 2.10. The Hall–Kier alpha value is -0.380. The van der Waals surface area contributed by atoms with Crippen LogP contribution in [0.25, 0.3) is 0 Å². The number of hydrogen-bond acceptors (Lipinski definition) is 3. The van der Waals surface area contributed by atoms with Gasteiger partial charge in [-0.05, 0) is 32.2 Å². The van der Waals surface area contributed by atoms with Crippen molar-refractivity contribution in [2.45, 2.75) is 32.7 Å². The van der Waals surface area contributed by atoms with Gasteiger partial charge in [0, 0.05) is 18.5 Å². The van der Waals surface area contributed by atoms with E-state index in [-0.39, 0.29) is 23.7 Å². The SMILES string of the molecule is CC(C)(C)NCCC(=O)c1cccs1.Cl. The van der Waals surface area contributed by atoms with E-state index in [2.05, 4.69) is 26.1 Å². The molecule has 86 valence electrons. The molecular formula is C11H18ClNOS. The number of carbonyl (C=O) groups is 1. The molecule has 0 aliphatic carbocycles. The second-order valence-corrected chi connectivity index (χ2v) is 5.27. The molecule has 0 aromatic carbocycles. The third kappa shape index (κ3) is 5.92. The molecule has 0 saturated heterocycles. The molecule has 0 bridgehead atoms. The van der Waals surface area contributed by atoms with E-state index in [9.17, 15) is 4.79 Å². The summed E-state index contributed by atoms with van der Waals surface area (Å²) in [4.78, 5) is 12.4. The minimum Gasteiger partial charge on any atom is -0.312 e. The summed E-state index contributed by atoms with van der Waals surface area (Å²) >= 11 is 1.51. The van der Waals surface area contributed by atoms with Crippen LogP contribution in [0.4, 0.5) is 0 Å². The molecule has 2 nitrogen and oxygen atoms in total. The molecule has 0 atom stereocenters. The molecule has 0 unspecified atom stereocenters. The highest BCUT2D eigenvalue weighted by atomic mass is 35.5. The minimum absolute atomic E-state index is 0. The fourth-order valence-electron chi connectivity index (χ4n) is 1.11. The van der Waals surface area contributed by atoms with E-state index in [4.69, 9.17) is 0 Å². The summed E-state index contributed by atoms with van der Waals surface area (Å²) in [5.41, 5.74) is 0.0930. The maximum Gasteiger partial charge on any atom is 0.174 e. The van der Waals surface area contributed by atoms with E-state index >= 15 is 0 Å². The zero-order valence-corrected chi connectivity index (χ0v) is 11.0. The molecule has 0 amide bonds. The Morgan fingerprint density at radius 3 is 2.60 bits per heavy atom. The van der Waals surface area contributed by atoms with E-state index in [0.717, 1.165) is 11.4 Å². The molecule has 1 rings (SSSR count). The summed E-state index contributed by atoms with van der Waals surface area (Å²) in [6.07, 6.45) is 0.581. The normalized spacial score (nSPS) is 10.9. The van der Waals surface area contributed by atoms with Crippen LogP contribution in [-0.2, 0) is 0 Å². The van der Waals surface area contributed by atoms with Crippen molar-refractivity contribution >= 4 is 29.5 Å². The number of Topliss-reactive ketones (excluding diaryl/α,β-unsaturated/α-hetero) is 1. The highest BCUT2D eigenvalue weighted by molar-refractivity contribution is 7.12. The first-order chi connectivity index (χ1) is 6.49. The molecule has 1 aromatic rings. The molecule has 15 heavy (non-hydrogen) atoms. The molecular weight excluding hydrogens is 230 g/mol. The lowest BCUT2D eigenvalue weighted by Crippen LogP contribution is -2.37. The van der Waals surface area contributed by atoms with E-state index < -0.39 is 0 Å². The Morgan fingerprint density at radius 1 is 1.47 bits per heavy atom. The second-order valence-electron chi connectivity index (χ2n) is 4.33. The van der Waals surface area contributed by atoms with Crippen LogP contribution in [0.5, 0.6) is 0 Å². The van der Waals surface area contributed by atoms with Crippen LogP contribution in [0.1, 0.15) is 36.9 Å². The van der Waals surface area contributed by atoms with Crippen molar-refractivity contribution in [3.8, 4) is 0 Å². The summed E-state index contributed by atoms with van der Waals surface area (Å²) in [6, 6.07) is 3.79. The van der Waals surface area contributed by atoms with Crippen LogP contribution in [0, 0.1) is 0 Å². The number of ketones is 1. The quantitative estimate of drug-likeness (QED) is 0.829. The number of rotatable bonds is 4. The van der Waals surface area contributed by atoms with Gasteiger partial charge in [-0.2, -0.15) is 0 Å².